The van der Waals surface area contributed by atoms with Crippen molar-refractivity contribution < 1.29 is 10.2 Å². The summed E-state index contributed by atoms with van der Waals surface area (Å²) < 4.78 is 0. The van der Waals surface area contributed by atoms with E-state index >= 15 is 0 Å². The van der Waals surface area contributed by atoms with E-state index in [1.807, 2.05) is 0 Å². The fourth-order valence-corrected chi connectivity index (χ4v) is 8.90. The molecule has 0 aliphatic heterocycles. The van der Waals surface area contributed by atoms with Crippen LogP contribution < -0.4 is 0 Å². The van der Waals surface area contributed by atoms with Gasteiger partial charge in [-0.25, -0.2) is 0 Å². The molecule has 10 atom stereocenters. The van der Waals surface area contributed by atoms with Crippen LogP contribution in [0.15, 0.2) is 0 Å². The molecule has 4 fully saturated rings. The van der Waals surface area contributed by atoms with Crippen LogP contribution in [0.1, 0.15) is 98.3 Å². The van der Waals surface area contributed by atoms with Gasteiger partial charge in [0.05, 0.1) is 12.2 Å². The standard InChI is InChI=1S/C25H44O2/c1-5-6-7-16(2)19-8-9-20-23-21(11-13-25(19,20)4)24(3)12-10-18(26)14-17(24)15-22(23)27/h16-23,26-27H,5-15H2,1-4H3/t16-,17+,18-,19?,20?,21?,22-,23?,24+,25-/m1/s1. The lowest BCUT2D eigenvalue weighted by molar-refractivity contribution is -0.174. The summed E-state index contributed by atoms with van der Waals surface area (Å²) in [7, 11) is 0. The van der Waals surface area contributed by atoms with Gasteiger partial charge in [-0.2, -0.15) is 0 Å². The highest BCUT2D eigenvalue weighted by atomic mass is 16.3. The zero-order chi connectivity index (χ0) is 19.4. The Bertz CT molecular complexity index is 532. The van der Waals surface area contributed by atoms with E-state index in [4.69, 9.17) is 0 Å². The predicted molar refractivity (Wildman–Crippen MR) is 111 cm³/mol. The lowest BCUT2D eigenvalue weighted by Crippen LogP contribution is -2.58. The quantitative estimate of drug-likeness (QED) is 0.650. The van der Waals surface area contributed by atoms with Crippen molar-refractivity contribution in [2.75, 3.05) is 0 Å². The highest BCUT2D eigenvalue weighted by Crippen LogP contribution is 2.68. The summed E-state index contributed by atoms with van der Waals surface area (Å²) >= 11 is 0. The summed E-state index contributed by atoms with van der Waals surface area (Å²) in [6, 6.07) is 0. The maximum atomic E-state index is 11.3. The lowest BCUT2D eigenvalue weighted by atomic mass is 9.43. The number of hydrogen-bond acceptors (Lipinski definition) is 2. The number of hydrogen-bond donors (Lipinski definition) is 2. The van der Waals surface area contributed by atoms with Gasteiger partial charge in [0.25, 0.3) is 0 Å². The number of aliphatic hydroxyl groups is 2. The number of rotatable bonds is 4. The number of aliphatic hydroxyl groups excluding tert-OH is 2. The lowest BCUT2D eigenvalue weighted by Gasteiger charge is -2.62. The maximum Gasteiger partial charge on any atom is 0.0577 e. The SMILES string of the molecule is CCCC[C@@H](C)C1CCC2C3C(CC[C@@]21C)[C@@]1(C)CC[C@@H](O)C[C@H]1C[C@H]3O. The zero-order valence-electron chi connectivity index (χ0n) is 18.3. The molecule has 4 aliphatic rings. The maximum absolute atomic E-state index is 11.3. The smallest absolute Gasteiger partial charge is 0.0577 e. The third kappa shape index (κ3) is 3.12. The normalized spacial score (nSPS) is 53.3. The molecule has 2 N–H and O–H groups in total. The summed E-state index contributed by atoms with van der Waals surface area (Å²) in [5.74, 6) is 4.16. The second-order valence-electron chi connectivity index (χ2n) is 11.6. The van der Waals surface area contributed by atoms with Crippen LogP contribution >= 0.6 is 0 Å². The molecule has 0 heterocycles. The Morgan fingerprint density at radius 3 is 2.37 bits per heavy atom. The van der Waals surface area contributed by atoms with Crippen molar-refractivity contribution in [3.05, 3.63) is 0 Å². The molecule has 4 unspecified atom stereocenters. The predicted octanol–water partition coefficient (Wildman–Crippen LogP) is 5.80. The molecule has 0 aromatic rings. The van der Waals surface area contributed by atoms with Crippen LogP contribution in [-0.2, 0) is 0 Å². The van der Waals surface area contributed by atoms with E-state index in [1.54, 1.807) is 0 Å². The topological polar surface area (TPSA) is 40.5 Å². The van der Waals surface area contributed by atoms with Crippen LogP contribution in [0.4, 0.5) is 0 Å². The molecule has 0 amide bonds. The van der Waals surface area contributed by atoms with Crippen LogP contribution in [0.25, 0.3) is 0 Å². The second-order valence-corrected chi connectivity index (χ2v) is 11.6. The molecule has 2 heteroatoms. The summed E-state index contributed by atoms with van der Waals surface area (Å²) in [5.41, 5.74) is 0.809. The third-order valence-corrected chi connectivity index (χ3v) is 10.4. The van der Waals surface area contributed by atoms with E-state index in [0.29, 0.717) is 28.6 Å². The van der Waals surface area contributed by atoms with Gasteiger partial charge in [-0.1, -0.05) is 47.0 Å². The fourth-order valence-electron chi connectivity index (χ4n) is 8.90. The van der Waals surface area contributed by atoms with Crippen molar-refractivity contribution in [2.45, 2.75) is 111 Å². The van der Waals surface area contributed by atoms with Crippen molar-refractivity contribution in [1.82, 2.24) is 0 Å². The summed E-state index contributed by atoms with van der Waals surface area (Å²) in [6.45, 7) is 9.94. The second kappa shape index (κ2) is 7.31. The van der Waals surface area contributed by atoms with E-state index in [9.17, 15) is 10.2 Å². The molecular formula is C25H44O2. The Balaban J connectivity index is 1.57. The van der Waals surface area contributed by atoms with Gasteiger partial charge in [0.2, 0.25) is 0 Å². The van der Waals surface area contributed by atoms with Gasteiger partial charge in [-0.3, -0.25) is 0 Å². The van der Waals surface area contributed by atoms with Gasteiger partial charge in [0.1, 0.15) is 0 Å². The minimum absolute atomic E-state index is 0.129. The summed E-state index contributed by atoms with van der Waals surface area (Å²) in [5, 5.41) is 21.5. The highest BCUT2D eigenvalue weighted by Gasteiger charge is 2.62. The molecule has 0 radical (unpaired) electrons. The average Bonchev–Trinajstić information content (AvgIpc) is 2.98. The number of unbranched alkanes of at least 4 members (excludes halogenated alkanes) is 1. The summed E-state index contributed by atoms with van der Waals surface area (Å²) in [6.07, 6.45) is 13.2. The first-order chi connectivity index (χ1) is 12.8. The molecular weight excluding hydrogens is 332 g/mol. The molecule has 4 rings (SSSR count). The monoisotopic (exact) mass is 376 g/mol. The van der Waals surface area contributed by atoms with Crippen LogP contribution in [-0.4, -0.2) is 22.4 Å². The molecule has 0 aromatic carbocycles. The first-order valence-corrected chi connectivity index (χ1v) is 12.2. The van der Waals surface area contributed by atoms with Gasteiger partial charge < -0.3 is 10.2 Å². The number of fused-ring (bicyclic) bond motifs is 5. The van der Waals surface area contributed by atoms with E-state index in [-0.39, 0.29) is 12.2 Å². The van der Waals surface area contributed by atoms with E-state index in [2.05, 4.69) is 27.7 Å². The molecule has 156 valence electrons. The Hall–Kier alpha value is -0.0800. The van der Waals surface area contributed by atoms with Gasteiger partial charge in [-0.15, -0.1) is 0 Å². The Labute approximate surface area is 167 Å². The van der Waals surface area contributed by atoms with Crippen molar-refractivity contribution in [3.8, 4) is 0 Å². The molecule has 4 saturated carbocycles. The molecule has 0 bridgehead atoms. The van der Waals surface area contributed by atoms with Gasteiger partial charge in [0, 0.05) is 0 Å². The Kier molecular flexibility index (Phi) is 5.47. The van der Waals surface area contributed by atoms with Crippen molar-refractivity contribution >= 4 is 0 Å². The molecule has 0 saturated heterocycles. The van der Waals surface area contributed by atoms with Crippen molar-refractivity contribution in [3.63, 3.8) is 0 Å². The largest absolute Gasteiger partial charge is 0.393 e. The zero-order valence-corrected chi connectivity index (χ0v) is 18.3. The van der Waals surface area contributed by atoms with E-state index < -0.39 is 0 Å². The van der Waals surface area contributed by atoms with Gasteiger partial charge >= 0.3 is 0 Å². The minimum atomic E-state index is -0.132. The van der Waals surface area contributed by atoms with E-state index in [0.717, 1.165) is 37.0 Å². The Morgan fingerprint density at radius 1 is 0.926 bits per heavy atom. The van der Waals surface area contributed by atoms with Gasteiger partial charge in [0.15, 0.2) is 0 Å². The molecule has 2 nitrogen and oxygen atoms in total. The van der Waals surface area contributed by atoms with Crippen LogP contribution in [0, 0.1) is 46.3 Å². The fraction of sp³-hybridized carbons (Fsp3) is 1.00. The molecule has 4 aliphatic carbocycles. The third-order valence-electron chi connectivity index (χ3n) is 10.4. The highest BCUT2D eigenvalue weighted by molar-refractivity contribution is 5.11. The first kappa shape index (κ1) is 20.2. The Morgan fingerprint density at radius 2 is 1.63 bits per heavy atom. The average molecular weight is 377 g/mol. The molecule has 27 heavy (non-hydrogen) atoms. The van der Waals surface area contributed by atoms with Crippen LogP contribution in [0.2, 0.25) is 0 Å². The molecule has 0 aromatic heterocycles. The molecule has 0 spiro atoms. The summed E-state index contributed by atoms with van der Waals surface area (Å²) in [4.78, 5) is 0. The van der Waals surface area contributed by atoms with Crippen LogP contribution in [0.5, 0.6) is 0 Å². The minimum Gasteiger partial charge on any atom is -0.393 e. The van der Waals surface area contributed by atoms with Crippen LogP contribution in [0.3, 0.4) is 0 Å². The van der Waals surface area contributed by atoms with Crippen molar-refractivity contribution in [2.24, 2.45) is 46.3 Å². The van der Waals surface area contributed by atoms with Gasteiger partial charge in [-0.05, 0) is 97.7 Å². The van der Waals surface area contributed by atoms with Crippen molar-refractivity contribution in [1.29, 1.82) is 0 Å². The van der Waals surface area contributed by atoms with E-state index in [1.165, 1.54) is 51.4 Å². The first-order valence-electron chi connectivity index (χ1n) is 12.2.